The van der Waals surface area contributed by atoms with Crippen molar-refractivity contribution < 1.29 is 32.6 Å². The van der Waals surface area contributed by atoms with Gasteiger partial charge in [-0.1, -0.05) is 0 Å². The van der Waals surface area contributed by atoms with Crippen molar-refractivity contribution in [2.24, 2.45) is 0 Å². The van der Waals surface area contributed by atoms with E-state index in [1.54, 1.807) is 18.2 Å². The number of hydrogen-bond acceptors (Lipinski definition) is 5. The van der Waals surface area contributed by atoms with Gasteiger partial charge in [0.15, 0.2) is 18.1 Å². The van der Waals surface area contributed by atoms with Gasteiger partial charge in [0.05, 0.1) is 12.8 Å². The number of methoxy groups -OCH3 is 1. The van der Waals surface area contributed by atoms with E-state index in [2.05, 4.69) is 15.4 Å². The highest BCUT2D eigenvalue weighted by Gasteiger charge is 2.18. The molecule has 0 bridgehead atoms. The third-order valence-corrected chi connectivity index (χ3v) is 3.51. The number of anilines is 2. The molecule has 1 heterocycles. The molecule has 0 aromatic heterocycles. The van der Waals surface area contributed by atoms with Gasteiger partial charge in [-0.05, 0) is 36.4 Å². The standard InChI is InChI=1S/C17H14F2N2O5/c1-24-14-6-9(2-4-13(14)26-17(18)19)16(23)20-10-3-5-12-11(7-10)21-15(22)8-25-12/h2-7,17H,8H2,1H3,(H,20,23)(H,21,22). The minimum Gasteiger partial charge on any atom is -0.493 e. The summed E-state index contributed by atoms with van der Waals surface area (Å²) in [5, 5.41) is 5.28. The van der Waals surface area contributed by atoms with E-state index in [1.165, 1.54) is 25.3 Å². The molecule has 2 amide bonds. The first-order valence-corrected chi connectivity index (χ1v) is 7.47. The number of alkyl halides is 2. The zero-order chi connectivity index (χ0) is 18.7. The Morgan fingerprint density at radius 2 is 2.04 bits per heavy atom. The van der Waals surface area contributed by atoms with Crippen LogP contribution in [0.5, 0.6) is 17.2 Å². The number of ether oxygens (including phenoxy) is 3. The molecule has 1 aliphatic rings. The van der Waals surface area contributed by atoms with Gasteiger partial charge in [-0.2, -0.15) is 8.78 Å². The summed E-state index contributed by atoms with van der Waals surface area (Å²) in [6, 6.07) is 8.62. The van der Waals surface area contributed by atoms with Gasteiger partial charge >= 0.3 is 6.61 Å². The van der Waals surface area contributed by atoms with Gasteiger partial charge in [0.1, 0.15) is 5.75 Å². The topological polar surface area (TPSA) is 85.9 Å². The average Bonchev–Trinajstić information content (AvgIpc) is 2.61. The molecule has 0 fully saturated rings. The number of hydrogen-bond donors (Lipinski definition) is 2. The van der Waals surface area contributed by atoms with Crippen molar-refractivity contribution in [2.75, 3.05) is 24.4 Å². The molecule has 26 heavy (non-hydrogen) atoms. The second kappa shape index (κ2) is 7.26. The van der Waals surface area contributed by atoms with E-state index in [4.69, 9.17) is 9.47 Å². The van der Waals surface area contributed by atoms with Crippen molar-refractivity contribution in [3.63, 3.8) is 0 Å². The summed E-state index contributed by atoms with van der Waals surface area (Å²) in [5.74, 6) is -0.454. The molecule has 1 aliphatic heterocycles. The fourth-order valence-corrected chi connectivity index (χ4v) is 2.37. The molecular formula is C17H14F2N2O5. The van der Waals surface area contributed by atoms with Crippen molar-refractivity contribution in [3.8, 4) is 17.2 Å². The Balaban J connectivity index is 1.78. The van der Waals surface area contributed by atoms with E-state index < -0.39 is 12.5 Å². The van der Waals surface area contributed by atoms with Gasteiger partial charge in [-0.3, -0.25) is 9.59 Å². The van der Waals surface area contributed by atoms with Crippen LogP contribution < -0.4 is 24.8 Å². The molecular weight excluding hydrogens is 350 g/mol. The highest BCUT2D eigenvalue weighted by Crippen LogP contribution is 2.32. The van der Waals surface area contributed by atoms with Crippen molar-refractivity contribution >= 4 is 23.2 Å². The zero-order valence-corrected chi connectivity index (χ0v) is 13.5. The first-order chi connectivity index (χ1) is 12.5. The molecule has 136 valence electrons. The fourth-order valence-electron chi connectivity index (χ4n) is 2.37. The molecule has 0 unspecified atom stereocenters. The Bertz CT molecular complexity index is 857. The Labute approximate surface area is 146 Å². The van der Waals surface area contributed by atoms with Crippen molar-refractivity contribution in [1.82, 2.24) is 0 Å². The Hall–Kier alpha value is -3.36. The molecule has 2 aromatic carbocycles. The van der Waals surface area contributed by atoms with Crippen LogP contribution in [0.2, 0.25) is 0 Å². The van der Waals surface area contributed by atoms with Crippen molar-refractivity contribution in [2.45, 2.75) is 6.61 Å². The SMILES string of the molecule is COc1cc(C(=O)Nc2ccc3c(c2)NC(=O)CO3)ccc1OC(F)F. The summed E-state index contributed by atoms with van der Waals surface area (Å²) >= 11 is 0. The molecule has 0 radical (unpaired) electrons. The summed E-state index contributed by atoms with van der Waals surface area (Å²) < 4.78 is 39.2. The molecule has 2 N–H and O–H groups in total. The molecule has 2 aromatic rings. The number of halogens is 2. The highest BCUT2D eigenvalue weighted by molar-refractivity contribution is 6.05. The summed E-state index contributed by atoms with van der Waals surface area (Å²) in [7, 11) is 1.28. The third kappa shape index (κ3) is 3.82. The monoisotopic (exact) mass is 364 g/mol. The largest absolute Gasteiger partial charge is 0.493 e. The molecule has 7 nitrogen and oxygen atoms in total. The summed E-state index contributed by atoms with van der Waals surface area (Å²) in [6.07, 6.45) is 0. The van der Waals surface area contributed by atoms with Gasteiger partial charge in [-0.25, -0.2) is 0 Å². The van der Waals surface area contributed by atoms with Gasteiger partial charge < -0.3 is 24.8 Å². The summed E-state index contributed by atoms with van der Waals surface area (Å²) in [4.78, 5) is 23.7. The van der Waals surface area contributed by atoms with Crippen molar-refractivity contribution in [1.29, 1.82) is 0 Å². The van der Waals surface area contributed by atoms with E-state index >= 15 is 0 Å². The minimum atomic E-state index is -3.00. The summed E-state index contributed by atoms with van der Waals surface area (Å²) in [5.41, 5.74) is 1.05. The van der Waals surface area contributed by atoms with E-state index in [-0.39, 0.29) is 29.6 Å². The second-order valence-corrected chi connectivity index (χ2v) is 5.25. The molecule has 0 spiro atoms. The first kappa shape index (κ1) is 17.5. The second-order valence-electron chi connectivity index (χ2n) is 5.25. The fraction of sp³-hybridized carbons (Fsp3) is 0.176. The molecule has 0 saturated heterocycles. The molecule has 0 saturated carbocycles. The predicted molar refractivity (Wildman–Crippen MR) is 88.1 cm³/mol. The lowest BCUT2D eigenvalue weighted by Crippen LogP contribution is -2.25. The lowest BCUT2D eigenvalue weighted by Gasteiger charge is -2.18. The summed E-state index contributed by atoms with van der Waals surface area (Å²) in [6.45, 7) is -3.07. The molecule has 9 heteroatoms. The third-order valence-electron chi connectivity index (χ3n) is 3.51. The van der Waals surface area contributed by atoms with Gasteiger partial charge in [0.2, 0.25) is 0 Å². The number of carbonyl (C=O) groups is 2. The van der Waals surface area contributed by atoms with Crippen LogP contribution in [0.3, 0.4) is 0 Å². The van der Waals surface area contributed by atoms with Crippen LogP contribution in [-0.4, -0.2) is 32.1 Å². The average molecular weight is 364 g/mol. The van der Waals surface area contributed by atoms with Gasteiger partial charge in [0.25, 0.3) is 11.8 Å². The maximum absolute atomic E-state index is 12.4. The zero-order valence-electron chi connectivity index (χ0n) is 13.5. The smallest absolute Gasteiger partial charge is 0.387 e. The van der Waals surface area contributed by atoms with Gasteiger partial charge in [-0.15, -0.1) is 0 Å². The lowest BCUT2D eigenvalue weighted by molar-refractivity contribution is -0.118. The highest BCUT2D eigenvalue weighted by atomic mass is 19.3. The Kier molecular flexibility index (Phi) is 4.87. The normalized spacial score (nSPS) is 12.7. The first-order valence-electron chi connectivity index (χ1n) is 7.47. The van der Waals surface area contributed by atoms with Crippen LogP contribution >= 0.6 is 0 Å². The van der Waals surface area contributed by atoms with Crippen LogP contribution in [0.15, 0.2) is 36.4 Å². The molecule has 0 atom stereocenters. The number of nitrogens with one attached hydrogen (secondary N) is 2. The Morgan fingerprint density at radius 3 is 2.77 bits per heavy atom. The van der Waals surface area contributed by atoms with Crippen LogP contribution in [0.1, 0.15) is 10.4 Å². The van der Waals surface area contributed by atoms with Crippen LogP contribution in [0.25, 0.3) is 0 Å². The number of fused-ring (bicyclic) bond motifs is 1. The number of amides is 2. The van der Waals surface area contributed by atoms with E-state index in [1.807, 2.05) is 0 Å². The van der Waals surface area contributed by atoms with Crippen LogP contribution in [0.4, 0.5) is 20.2 Å². The number of benzene rings is 2. The Morgan fingerprint density at radius 1 is 1.23 bits per heavy atom. The van der Waals surface area contributed by atoms with E-state index in [9.17, 15) is 18.4 Å². The van der Waals surface area contributed by atoms with Crippen molar-refractivity contribution in [3.05, 3.63) is 42.0 Å². The molecule has 3 rings (SSSR count). The van der Waals surface area contributed by atoms with Gasteiger partial charge in [0, 0.05) is 11.3 Å². The lowest BCUT2D eigenvalue weighted by atomic mass is 10.1. The minimum absolute atomic E-state index is 0.00375. The predicted octanol–water partition coefficient (Wildman–Crippen LogP) is 2.88. The van der Waals surface area contributed by atoms with Crippen LogP contribution in [0, 0.1) is 0 Å². The number of carbonyl (C=O) groups excluding carboxylic acids is 2. The maximum atomic E-state index is 12.4. The van der Waals surface area contributed by atoms with Crippen LogP contribution in [-0.2, 0) is 4.79 Å². The van der Waals surface area contributed by atoms with E-state index in [0.717, 1.165) is 0 Å². The van der Waals surface area contributed by atoms with E-state index in [0.29, 0.717) is 17.1 Å². The molecule has 0 aliphatic carbocycles. The quantitative estimate of drug-likeness (QED) is 0.852. The number of rotatable bonds is 5. The maximum Gasteiger partial charge on any atom is 0.387 e.